The van der Waals surface area contributed by atoms with Crippen LogP contribution in [0.15, 0.2) is 24.3 Å². The standard InChI is InChI=1S/C13H16ClNO/c1-13(2,15-12(16)9-3-4-9)10-5-7-11(14)8-6-10/h5-9H,3-4H2,1-2H3,(H,15,16). The van der Waals surface area contributed by atoms with E-state index in [1.165, 1.54) is 0 Å². The van der Waals surface area contributed by atoms with Gasteiger partial charge in [-0.2, -0.15) is 0 Å². The molecule has 0 atom stereocenters. The maximum Gasteiger partial charge on any atom is 0.223 e. The molecule has 0 radical (unpaired) electrons. The van der Waals surface area contributed by atoms with Gasteiger partial charge in [-0.3, -0.25) is 4.79 Å². The lowest BCUT2D eigenvalue weighted by Crippen LogP contribution is -2.41. The molecule has 0 aliphatic heterocycles. The number of hydrogen-bond acceptors (Lipinski definition) is 1. The number of amides is 1. The summed E-state index contributed by atoms with van der Waals surface area (Å²) in [7, 11) is 0. The van der Waals surface area contributed by atoms with Crippen molar-refractivity contribution in [3.63, 3.8) is 0 Å². The van der Waals surface area contributed by atoms with E-state index in [2.05, 4.69) is 5.32 Å². The number of nitrogens with one attached hydrogen (secondary N) is 1. The predicted molar refractivity (Wildman–Crippen MR) is 65.3 cm³/mol. The normalized spacial score (nSPS) is 15.9. The topological polar surface area (TPSA) is 29.1 Å². The lowest BCUT2D eigenvalue weighted by atomic mass is 9.94. The Kier molecular flexibility index (Phi) is 2.94. The van der Waals surface area contributed by atoms with Gasteiger partial charge in [-0.05, 0) is 44.4 Å². The quantitative estimate of drug-likeness (QED) is 0.860. The summed E-state index contributed by atoms with van der Waals surface area (Å²) in [5.74, 6) is 0.409. The lowest BCUT2D eigenvalue weighted by Gasteiger charge is -2.27. The van der Waals surface area contributed by atoms with Gasteiger partial charge in [-0.1, -0.05) is 23.7 Å². The van der Waals surface area contributed by atoms with E-state index in [9.17, 15) is 4.79 Å². The lowest BCUT2D eigenvalue weighted by molar-refractivity contribution is -0.124. The van der Waals surface area contributed by atoms with E-state index < -0.39 is 0 Å². The van der Waals surface area contributed by atoms with Gasteiger partial charge < -0.3 is 5.32 Å². The Labute approximate surface area is 101 Å². The van der Waals surface area contributed by atoms with E-state index in [0.29, 0.717) is 5.02 Å². The fourth-order valence-electron chi connectivity index (χ4n) is 1.69. The Morgan fingerprint density at radius 3 is 2.38 bits per heavy atom. The molecule has 0 heterocycles. The maximum absolute atomic E-state index is 11.7. The molecule has 1 amide bonds. The SMILES string of the molecule is CC(C)(NC(=O)C1CC1)c1ccc(Cl)cc1. The Bertz CT molecular complexity index is 393. The van der Waals surface area contributed by atoms with Crippen molar-refractivity contribution >= 4 is 17.5 Å². The van der Waals surface area contributed by atoms with E-state index in [4.69, 9.17) is 11.6 Å². The highest BCUT2D eigenvalue weighted by Crippen LogP contribution is 2.31. The molecule has 3 heteroatoms. The molecule has 1 fully saturated rings. The van der Waals surface area contributed by atoms with Crippen molar-refractivity contribution < 1.29 is 4.79 Å². The van der Waals surface area contributed by atoms with E-state index in [1.807, 2.05) is 38.1 Å². The molecule has 1 aliphatic carbocycles. The Morgan fingerprint density at radius 2 is 1.88 bits per heavy atom. The van der Waals surface area contributed by atoms with Crippen LogP contribution in [-0.2, 0) is 10.3 Å². The number of rotatable bonds is 3. The van der Waals surface area contributed by atoms with Crippen LogP contribution < -0.4 is 5.32 Å². The van der Waals surface area contributed by atoms with Crippen LogP contribution in [0.3, 0.4) is 0 Å². The molecule has 2 rings (SSSR count). The summed E-state index contributed by atoms with van der Waals surface area (Å²) in [5.41, 5.74) is 0.746. The second kappa shape index (κ2) is 4.10. The molecule has 0 saturated heterocycles. The van der Waals surface area contributed by atoms with Crippen LogP contribution in [0, 0.1) is 5.92 Å². The van der Waals surface area contributed by atoms with Crippen molar-refractivity contribution in [3.8, 4) is 0 Å². The monoisotopic (exact) mass is 237 g/mol. The fraction of sp³-hybridized carbons (Fsp3) is 0.462. The second-order valence-corrected chi connectivity index (χ2v) is 5.33. The average Bonchev–Trinajstić information content (AvgIpc) is 3.00. The average molecular weight is 238 g/mol. The van der Waals surface area contributed by atoms with Gasteiger partial charge in [0, 0.05) is 10.9 Å². The fourth-order valence-corrected chi connectivity index (χ4v) is 1.82. The Morgan fingerprint density at radius 1 is 1.31 bits per heavy atom. The molecular formula is C13H16ClNO. The van der Waals surface area contributed by atoms with Crippen molar-refractivity contribution in [1.82, 2.24) is 5.32 Å². The molecule has 0 bridgehead atoms. The molecule has 1 aromatic carbocycles. The largest absolute Gasteiger partial charge is 0.347 e. The van der Waals surface area contributed by atoms with Crippen LogP contribution in [0.2, 0.25) is 5.02 Å². The third kappa shape index (κ3) is 2.56. The first-order chi connectivity index (χ1) is 7.49. The summed E-state index contributed by atoms with van der Waals surface area (Å²) in [6.45, 7) is 4.02. The van der Waals surface area contributed by atoms with E-state index in [-0.39, 0.29) is 17.4 Å². The first kappa shape index (κ1) is 11.5. The van der Waals surface area contributed by atoms with Crippen molar-refractivity contribution in [2.75, 3.05) is 0 Å². The molecule has 1 N–H and O–H groups in total. The summed E-state index contributed by atoms with van der Waals surface area (Å²) < 4.78 is 0. The van der Waals surface area contributed by atoms with Gasteiger partial charge in [0.05, 0.1) is 5.54 Å². The smallest absolute Gasteiger partial charge is 0.223 e. The Hall–Kier alpha value is -1.02. The zero-order valence-corrected chi connectivity index (χ0v) is 10.3. The van der Waals surface area contributed by atoms with E-state index >= 15 is 0 Å². The minimum Gasteiger partial charge on any atom is -0.347 e. The highest BCUT2D eigenvalue weighted by molar-refractivity contribution is 6.30. The van der Waals surface area contributed by atoms with Crippen molar-refractivity contribution in [1.29, 1.82) is 0 Å². The van der Waals surface area contributed by atoms with Gasteiger partial charge >= 0.3 is 0 Å². The van der Waals surface area contributed by atoms with Crippen LogP contribution in [0.25, 0.3) is 0 Å². The first-order valence-electron chi connectivity index (χ1n) is 5.57. The van der Waals surface area contributed by atoms with E-state index in [0.717, 1.165) is 18.4 Å². The number of halogens is 1. The van der Waals surface area contributed by atoms with Crippen LogP contribution >= 0.6 is 11.6 Å². The van der Waals surface area contributed by atoms with Gasteiger partial charge in [0.1, 0.15) is 0 Å². The highest BCUT2D eigenvalue weighted by Gasteiger charge is 2.33. The van der Waals surface area contributed by atoms with Crippen LogP contribution in [0.1, 0.15) is 32.3 Å². The van der Waals surface area contributed by atoms with Gasteiger partial charge in [0.15, 0.2) is 0 Å². The molecule has 0 unspecified atom stereocenters. The summed E-state index contributed by atoms with van der Waals surface area (Å²) in [6, 6.07) is 7.61. The third-order valence-electron chi connectivity index (χ3n) is 2.95. The summed E-state index contributed by atoms with van der Waals surface area (Å²) in [4.78, 5) is 11.7. The van der Waals surface area contributed by atoms with Gasteiger partial charge in [-0.15, -0.1) is 0 Å². The molecule has 0 spiro atoms. The zero-order valence-electron chi connectivity index (χ0n) is 9.59. The van der Waals surface area contributed by atoms with Crippen LogP contribution in [0.4, 0.5) is 0 Å². The van der Waals surface area contributed by atoms with E-state index in [1.54, 1.807) is 0 Å². The number of benzene rings is 1. The van der Waals surface area contributed by atoms with Gasteiger partial charge in [0.2, 0.25) is 5.91 Å². The van der Waals surface area contributed by atoms with Crippen molar-refractivity contribution in [2.45, 2.75) is 32.2 Å². The zero-order chi connectivity index (χ0) is 11.8. The molecular weight excluding hydrogens is 222 g/mol. The van der Waals surface area contributed by atoms with Crippen LogP contribution in [0.5, 0.6) is 0 Å². The summed E-state index contributed by atoms with van der Waals surface area (Å²) >= 11 is 5.84. The Balaban J connectivity index is 2.10. The minimum atomic E-state index is -0.329. The van der Waals surface area contributed by atoms with Crippen molar-refractivity contribution in [3.05, 3.63) is 34.9 Å². The molecule has 16 heavy (non-hydrogen) atoms. The molecule has 1 aromatic rings. The molecule has 86 valence electrons. The summed E-state index contributed by atoms with van der Waals surface area (Å²) in [6.07, 6.45) is 2.06. The predicted octanol–water partition coefficient (Wildman–Crippen LogP) is 3.10. The molecule has 2 nitrogen and oxygen atoms in total. The van der Waals surface area contributed by atoms with Gasteiger partial charge in [-0.25, -0.2) is 0 Å². The van der Waals surface area contributed by atoms with Crippen molar-refractivity contribution in [2.24, 2.45) is 5.92 Å². The minimum absolute atomic E-state index is 0.167. The first-order valence-corrected chi connectivity index (χ1v) is 5.95. The maximum atomic E-state index is 11.7. The molecule has 0 aromatic heterocycles. The molecule has 1 aliphatic rings. The second-order valence-electron chi connectivity index (χ2n) is 4.90. The number of hydrogen-bond donors (Lipinski definition) is 1. The van der Waals surface area contributed by atoms with Crippen LogP contribution in [-0.4, -0.2) is 5.91 Å². The number of carbonyl (C=O) groups excluding carboxylic acids is 1. The number of carbonyl (C=O) groups is 1. The third-order valence-corrected chi connectivity index (χ3v) is 3.20. The highest BCUT2D eigenvalue weighted by atomic mass is 35.5. The summed E-state index contributed by atoms with van der Waals surface area (Å²) in [5, 5.41) is 3.79. The van der Waals surface area contributed by atoms with Gasteiger partial charge in [0.25, 0.3) is 0 Å². The molecule has 1 saturated carbocycles.